The van der Waals surface area contributed by atoms with E-state index in [-0.39, 0.29) is 0 Å². The molecule has 4 heteroatoms. The van der Waals surface area contributed by atoms with Gasteiger partial charge in [0.25, 0.3) is 0 Å². The van der Waals surface area contributed by atoms with E-state index in [1.165, 1.54) is 37.3 Å². The predicted octanol–water partition coefficient (Wildman–Crippen LogP) is 1.57. The van der Waals surface area contributed by atoms with Crippen molar-refractivity contribution < 1.29 is 0 Å². The number of hydrogen-bond donors (Lipinski definition) is 1. The summed E-state index contributed by atoms with van der Waals surface area (Å²) in [4.78, 5) is 9.39. The number of rotatable bonds is 7. The lowest BCUT2D eigenvalue weighted by Crippen LogP contribution is -2.27. The number of aromatic nitrogens is 1. The van der Waals surface area contributed by atoms with Gasteiger partial charge in [-0.3, -0.25) is 4.98 Å². The topological polar surface area (TPSA) is 31.4 Å². The van der Waals surface area contributed by atoms with Crippen LogP contribution in [0.2, 0.25) is 0 Å². The van der Waals surface area contributed by atoms with Crippen molar-refractivity contribution in [3.05, 3.63) is 29.6 Å². The second kappa shape index (κ2) is 7.72. The fraction of sp³-hybridized carbons (Fsp3) is 0.688. The average molecular weight is 276 g/mol. The molecule has 0 amide bonds. The van der Waals surface area contributed by atoms with Crippen molar-refractivity contribution in [2.45, 2.75) is 26.4 Å². The van der Waals surface area contributed by atoms with E-state index in [0.717, 1.165) is 25.6 Å². The maximum absolute atomic E-state index is 4.57. The monoisotopic (exact) mass is 276 g/mol. The number of likely N-dealkylation sites (tertiary alicyclic amines) is 1. The standard InChI is InChI=1S/C16H28N4/c1-4-17-9-14-5-6-16(18-10-14)13-20(3)12-15-7-8-19(2)11-15/h5-6,10,15,17H,4,7-9,11-13H2,1-3H3. The minimum absolute atomic E-state index is 0.818. The van der Waals surface area contributed by atoms with Gasteiger partial charge in [-0.25, -0.2) is 0 Å². The lowest BCUT2D eigenvalue weighted by molar-refractivity contribution is 0.265. The second-order valence-corrected chi connectivity index (χ2v) is 6.05. The van der Waals surface area contributed by atoms with Gasteiger partial charge in [0.1, 0.15) is 0 Å². The Morgan fingerprint density at radius 2 is 2.30 bits per heavy atom. The zero-order valence-electron chi connectivity index (χ0n) is 13.1. The Morgan fingerprint density at radius 3 is 2.90 bits per heavy atom. The van der Waals surface area contributed by atoms with Crippen molar-refractivity contribution in [3.63, 3.8) is 0 Å². The highest BCUT2D eigenvalue weighted by Crippen LogP contribution is 2.15. The Morgan fingerprint density at radius 1 is 1.45 bits per heavy atom. The zero-order chi connectivity index (χ0) is 14.4. The van der Waals surface area contributed by atoms with Crippen LogP contribution in [0, 0.1) is 5.92 Å². The van der Waals surface area contributed by atoms with Crippen LogP contribution < -0.4 is 5.32 Å². The molecule has 1 N–H and O–H groups in total. The molecule has 0 radical (unpaired) electrons. The molecule has 0 bridgehead atoms. The molecule has 1 fully saturated rings. The Balaban J connectivity index is 1.77. The van der Waals surface area contributed by atoms with Crippen molar-refractivity contribution in [2.24, 2.45) is 5.92 Å². The zero-order valence-corrected chi connectivity index (χ0v) is 13.1. The van der Waals surface area contributed by atoms with E-state index in [2.05, 4.69) is 53.3 Å². The van der Waals surface area contributed by atoms with Crippen molar-refractivity contribution in [3.8, 4) is 0 Å². The first-order chi connectivity index (χ1) is 9.67. The molecule has 1 aromatic rings. The fourth-order valence-corrected chi connectivity index (χ4v) is 2.88. The highest BCUT2D eigenvalue weighted by atomic mass is 15.2. The summed E-state index contributed by atoms with van der Waals surface area (Å²) in [6.45, 7) is 8.63. The Kier molecular flexibility index (Phi) is 5.95. The van der Waals surface area contributed by atoms with Crippen LogP contribution in [-0.4, -0.2) is 55.1 Å². The molecule has 1 aromatic heterocycles. The van der Waals surface area contributed by atoms with Gasteiger partial charge in [0.15, 0.2) is 0 Å². The lowest BCUT2D eigenvalue weighted by atomic mass is 10.1. The van der Waals surface area contributed by atoms with Crippen LogP contribution in [0.15, 0.2) is 18.3 Å². The van der Waals surface area contributed by atoms with Crippen molar-refractivity contribution in [1.82, 2.24) is 20.1 Å². The van der Waals surface area contributed by atoms with Crippen LogP contribution in [0.25, 0.3) is 0 Å². The highest BCUT2D eigenvalue weighted by molar-refractivity contribution is 5.13. The number of hydrogen-bond acceptors (Lipinski definition) is 4. The van der Waals surface area contributed by atoms with Crippen LogP contribution in [0.4, 0.5) is 0 Å². The Bertz CT molecular complexity index is 390. The van der Waals surface area contributed by atoms with Crippen molar-refractivity contribution in [1.29, 1.82) is 0 Å². The molecule has 2 heterocycles. The van der Waals surface area contributed by atoms with Crippen LogP contribution in [0.3, 0.4) is 0 Å². The molecule has 0 aromatic carbocycles. The lowest BCUT2D eigenvalue weighted by Gasteiger charge is -2.20. The maximum Gasteiger partial charge on any atom is 0.0544 e. The summed E-state index contributed by atoms with van der Waals surface area (Å²) in [6, 6.07) is 4.34. The largest absolute Gasteiger partial charge is 0.313 e. The summed E-state index contributed by atoms with van der Waals surface area (Å²) in [5.74, 6) is 0.818. The molecule has 20 heavy (non-hydrogen) atoms. The van der Waals surface area contributed by atoms with Gasteiger partial charge in [-0.1, -0.05) is 13.0 Å². The van der Waals surface area contributed by atoms with Gasteiger partial charge in [0.2, 0.25) is 0 Å². The normalized spacial score (nSPS) is 19.9. The first kappa shape index (κ1) is 15.4. The first-order valence-electron chi connectivity index (χ1n) is 7.69. The molecule has 1 aliphatic rings. The van der Waals surface area contributed by atoms with E-state index in [0.29, 0.717) is 0 Å². The Labute approximate surface area is 123 Å². The van der Waals surface area contributed by atoms with Crippen LogP contribution in [-0.2, 0) is 13.1 Å². The number of pyridine rings is 1. The summed E-state index contributed by atoms with van der Waals surface area (Å²) in [5, 5.41) is 3.32. The molecule has 1 saturated heterocycles. The molecule has 1 atom stereocenters. The summed E-state index contributed by atoms with van der Waals surface area (Å²) in [7, 11) is 4.41. The van der Waals surface area contributed by atoms with Crippen molar-refractivity contribution in [2.75, 3.05) is 40.3 Å². The van der Waals surface area contributed by atoms with E-state index >= 15 is 0 Å². The van der Waals surface area contributed by atoms with E-state index in [9.17, 15) is 0 Å². The molecule has 4 nitrogen and oxygen atoms in total. The number of nitrogens with one attached hydrogen (secondary N) is 1. The van der Waals surface area contributed by atoms with E-state index < -0.39 is 0 Å². The van der Waals surface area contributed by atoms with Gasteiger partial charge in [0, 0.05) is 32.4 Å². The molecule has 2 rings (SSSR count). The smallest absolute Gasteiger partial charge is 0.0544 e. The van der Waals surface area contributed by atoms with Crippen LogP contribution >= 0.6 is 0 Å². The molecule has 1 aliphatic heterocycles. The molecule has 0 aliphatic carbocycles. The molecular weight excluding hydrogens is 248 g/mol. The third-order valence-corrected chi connectivity index (χ3v) is 3.96. The summed E-state index contributed by atoms with van der Waals surface area (Å²) in [5.41, 5.74) is 2.43. The predicted molar refractivity (Wildman–Crippen MR) is 83.6 cm³/mol. The maximum atomic E-state index is 4.57. The SMILES string of the molecule is CCNCc1ccc(CN(C)CC2CCN(C)C2)nc1. The number of nitrogens with zero attached hydrogens (tertiary/aromatic N) is 3. The van der Waals surface area contributed by atoms with Gasteiger partial charge >= 0.3 is 0 Å². The second-order valence-electron chi connectivity index (χ2n) is 6.05. The van der Waals surface area contributed by atoms with Gasteiger partial charge in [-0.15, -0.1) is 0 Å². The minimum atomic E-state index is 0.818. The van der Waals surface area contributed by atoms with Gasteiger partial charge < -0.3 is 15.1 Å². The van der Waals surface area contributed by atoms with E-state index in [1.54, 1.807) is 0 Å². The summed E-state index contributed by atoms with van der Waals surface area (Å²) in [6.07, 6.45) is 3.32. The Hall–Kier alpha value is -0.970. The van der Waals surface area contributed by atoms with Gasteiger partial charge in [0.05, 0.1) is 5.69 Å². The third kappa shape index (κ3) is 4.85. The van der Waals surface area contributed by atoms with Gasteiger partial charge in [-0.05, 0) is 51.2 Å². The first-order valence-corrected chi connectivity index (χ1v) is 7.69. The molecule has 0 spiro atoms. The van der Waals surface area contributed by atoms with E-state index in [4.69, 9.17) is 0 Å². The minimum Gasteiger partial charge on any atom is -0.313 e. The van der Waals surface area contributed by atoms with Gasteiger partial charge in [-0.2, -0.15) is 0 Å². The summed E-state index contributed by atoms with van der Waals surface area (Å²) < 4.78 is 0. The average Bonchev–Trinajstić information content (AvgIpc) is 2.83. The molecular formula is C16H28N4. The highest BCUT2D eigenvalue weighted by Gasteiger charge is 2.20. The summed E-state index contributed by atoms with van der Waals surface area (Å²) >= 11 is 0. The van der Waals surface area contributed by atoms with E-state index in [1.807, 2.05) is 6.20 Å². The third-order valence-electron chi connectivity index (χ3n) is 3.96. The van der Waals surface area contributed by atoms with Crippen molar-refractivity contribution >= 4 is 0 Å². The molecule has 1 unspecified atom stereocenters. The molecule has 112 valence electrons. The van der Waals surface area contributed by atoms with Crippen LogP contribution in [0.5, 0.6) is 0 Å². The van der Waals surface area contributed by atoms with Crippen LogP contribution in [0.1, 0.15) is 24.6 Å². The quantitative estimate of drug-likeness (QED) is 0.819. The fourth-order valence-electron chi connectivity index (χ4n) is 2.88. The molecule has 0 saturated carbocycles.